The Kier molecular flexibility index (Phi) is 11.3. The smallest absolute Gasteiger partial charge is 0.407 e. The first-order chi connectivity index (χ1) is 26.0. The van der Waals surface area contributed by atoms with Crippen molar-refractivity contribution in [1.82, 2.24) is 40.4 Å². The van der Waals surface area contributed by atoms with Gasteiger partial charge in [0.1, 0.15) is 37.1 Å². The summed E-state index contributed by atoms with van der Waals surface area (Å²) < 4.78 is 15.6. The van der Waals surface area contributed by atoms with E-state index in [1.165, 1.54) is 14.2 Å². The summed E-state index contributed by atoms with van der Waals surface area (Å²) in [5.74, 6) is 1.58. The van der Waals surface area contributed by atoms with E-state index in [4.69, 9.17) is 9.72 Å². The lowest BCUT2D eigenvalue weighted by Crippen LogP contribution is -2.44. The Hall–Kier alpha value is -6.12. The van der Waals surface area contributed by atoms with E-state index >= 15 is 0 Å². The fourth-order valence-corrected chi connectivity index (χ4v) is 6.80. The largest absolute Gasteiger partial charge is 0.488 e. The van der Waals surface area contributed by atoms with Crippen molar-refractivity contribution >= 4 is 45.8 Å². The summed E-state index contributed by atoms with van der Waals surface area (Å²) in [6, 6.07) is 12.3. The number of ether oxygens (including phenoxy) is 3. The number of carbonyl (C=O) groups excluding carboxylic acids is 4. The minimum absolute atomic E-state index is 0.0736. The molecule has 0 saturated heterocycles. The number of amides is 4. The number of fused-ring (bicyclic) bond motifs is 6. The Bertz CT molecular complexity index is 2210. The minimum atomic E-state index is -0.659. The van der Waals surface area contributed by atoms with Gasteiger partial charge in [0.2, 0.25) is 11.8 Å². The van der Waals surface area contributed by atoms with E-state index in [0.717, 1.165) is 73.9 Å². The van der Waals surface area contributed by atoms with Gasteiger partial charge in [-0.05, 0) is 72.5 Å². The van der Waals surface area contributed by atoms with E-state index in [9.17, 15) is 19.2 Å². The van der Waals surface area contributed by atoms with Gasteiger partial charge >= 0.3 is 12.2 Å². The monoisotopic (exact) mass is 738 g/mol. The number of aromatic amines is 2. The van der Waals surface area contributed by atoms with Crippen LogP contribution in [-0.4, -0.2) is 93.6 Å². The summed E-state index contributed by atoms with van der Waals surface area (Å²) in [6.45, 7) is 9.14. The number of hydrogen-bond donors (Lipinski definition) is 4. The molecule has 4 N–H and O–H groups in total. The number of methoxy groups -OCH3 is 2. The third kappa shape index (κ3) is 7.80. The number of nitrogens with one attached hydrogen (secondary N) is 4. The van der Waals surface area contributed by atoms with Crippen molar-refractivity contribution in [3.05, 3.63) is 65.4 Å². The first kappa shape index (κ1) is 37.6. The van der Waals surface area contributed by atoms with Crippen LogP contribution < -0.4 is 15.4 Å². The van der Waals surface area contributed by atoms with Crippen molar-refractivity contribution in [2.75, 3.05) is 33.9 Å². The van der Waals surface area contributed by atoms with Crippen molar-refractivity contribution in [2.45, 2.75) is 66.3 Å². The van der Waals surface area contributed by atoms with Gasteiger partial charge in [-0.1, -0.05) is 32.0 Å². The molecule has 6 rings (SSSR count). The molecule has 54 heavy (non-hydrogen) atoms. The fourth-order valence-electron chi connectivity index (χ4n) is 6.80. The number of imidazole rings is 2. The van der Waals surface area contributed by atoms with Gasteiger partial charge < -0.3 is 44.6 Å². The molecule has 2 aromatic heterocycles. The van der Waals surface area contributed by atoms with Gasteiger partial charge in [-0.3, -0.25) is 9.59 Å². The molecule has 0 spiro atoms. The van der Waals surface area contributed by atoms with Crippen LogP contribution in [0.2, 0.25) is 0 Å². The SMILES string of the molecule is CCCN(Cc1ncc(-c2ccc3c(c2)COc2cc4c(ccc5[nH]c(CN(C(=O)CNC(=O)OC)[C@@H](C)CC)nc54)c(C)c2-3)[nH]1)C(=O)CNC(=O)OC. The second-order valence-corrected chi connectivity index (χ2v) is 13.3. The molecule has 4 amide bonds. The highest BCUT2D eigenvalue weighted by Gasteiger charge is 2.25. The maximum absolute atomic E-state index is 13.1. The molecule has 15 heteroatoms. The van der Waals surface area contributed by atoms with Gasteiger partial charge in [0.15, 0.2) is 0 Å². The zero-order valence-electron chi connectivity index (χ0n) is 31.4. The molecule has 0 aliphatic carbocycles. The maximum atomic E-state index is 13.1. The van der Waals surface area contributed by atoms with E-state index in [1.54, 1.807) is 16.0 Å². The topological polar surface area (TPSA) is 184 Å². The normalized spacial score (nSPS) is 12.3. The molecule has 5 aromatic rings. The molecule has 0 unspecified atom stereocenters. The zero-order valence-corrected chi connectivity index (χ0v) is 31.4. The maximum Gasteiger partial charge on any atom is 0.407 e. The van der Waals surface area contributed by atoms with E-state index < -0.39 is 12.2 Å². The van der Waals surface area contributed by atoms with E-state index in [-0.39, 0.29) is 44.0 Å². The van der Waals surface area contributed by atoms with Crippen LogP contribution in [0.5, 0.6) is 5.75 Å². The quantitative estimate of drug-likeness (QED) is 0.120. The lowest BCUT2D eigenvalue weighted by atomic mass is 9.88. The predicted octanol–water partition coefficient (Wildman–Crippen LogP) is 5.55. The molecule has 3 aromatic carbocycles. The van der Waals surface area contributed by atoms with Crippen molar-refractivity contribution in [1.29, 1.82) is 0 Å². The van der Waals surface area contributed by atoms with Crippen molar-refractivity contribution < 1.29 is 33.4 Å². The molecular weight excluding hydrogens is 692 g/mol. The van der Waals surface area contributed by atoms with E-state index in [0.29, 0.717) is 24.8 Å². The van der Waals surface area contributed by atoms with Gasteiger partial charge in [-0.15, -0.1) is 0 Å². The molecule has 0 radical (unpaired) electrons. The number of benzene rings is 3. The molecule has 3 heterocycles. The first-order valence-electron chi connectivity index (χ1n) is 18.0. The number of H-pyrrole nitrogens is 2. The molecule has 15 nitrogen and oxygen atoms in total. The number of alkyl carbamates (subject to hydrolysis) is 2. The van der Waals surface area contributed by atoms with Crippen molar-refractivity contribution in [2.24, 2.45) is 0 Å². The Morgan fingerprint density at radius 2 is 1.67 bits per heavy atom. The number of nitrogens with zero attached hydrogens (tertiary/aromatic N) is 4. The summed E-state index contributed by atoms with van der Waals surface area (Å²) in [5.41, 5.74) is 7.61. The number of carbonyl (C=O) groups is 4. The van der Waals surface area contributed by atoms with Crippen LogP contribution >= 0.6 is 0 Å². The number of rotatable bonds is 13. The predicted molar refractivity (Wildman–Crippen MR) is 203 cm³/mol. The van der Waals surface area contributed by atoms with Gasteiger partial charge in [0.25, 0.3) is 0 Å². The standard InChI is InChI=1S/C39H46N8O7/c1-7-13-46(34(48)17-41-38(50)52-5)19-32-40-16-30(44-32)24-9-10-27-25(14-24)21-54-31-15-28-26(23(4)36(27)31)11-12-29-37(28)45-33(43-29)20-47(22(3)8-2)35(49)18-42-39(51)53-6/h9-12,14-16,22H,7-8,13,17-21H2,1-6H3,(H,40,44)(H,41,50)(H,42,51)(H,43,45)/t22-/m0/s1. The van der Waals surface area contributed by atoms with Crippen LogP contribution in [0.15, 0.2) is 42.6 Å². The van der Waals surface area contributed by atoms with Crippen LogP contribution in [0.3, 0.4) is 0 Å². The summed E-state index contributed by atoms with van der Waals surface area (Å²) in [5, 5.41) is 6.91. The Balaban J connectivity index is 1.24. The van der Waals surface area contributed by atoms with Gasteiger partial charge in [0, 0.05) is 23.5 Å². The highest BCUT2D eigenvalue weighted by atomic mass is 16.5. The Morgan fingerprint density at radius 1 is 0.926 bits per heavy atom. The number of aryl methyl sites for hydroxylation is 1. The summed E-state index contributed by atoms with van der Waals surface area (Å²) in [4.78, 5) is 68.5. The molecule has 1 aliphatic heterocycles. The lowest BCUT2D eigenvalue weighted by Gasteiger charge is -2.27. The van der Waals surface area contributed by atoms with E-state index in [2.05, 4.69) is 66.2 Å². The Morgan fingerprint density at radius 3 is 2.37 bits per heavy atom. The third-order valence-electron chi connectivity index (χ3n) is 9.83. The fraction of sp³-hybridized carbons (Fsp3) is 0.385. The molecule has 1 aliphatic rings. The average Bonchev–Trinajstić information content (AvgIpc) is 3.84. The molecule has 0 saturated carbocycles. The highest BCUT2D eigenvalue weighted by molar-refractivity contribution is 6.09. The van der Waals surface area contributed by atoms with Crippen LogP contribution in [0, 0.1) is 6.92 Å². The first-order valence-corrected chi connectivity index (χ1v) is 18.0. The van der Waals surface area contributed by atoms with Gasteiger partial charge in [-0.25, -0.2) is 19.6 Å². The summed E-state index contributed by atoms with van der Waals surface area (Å²) >= 11 is 0. The molecular formula is C39H46N8O7. The summed E-state index contributed by atoms with van der Waals surface area (Å²) in [6.07, 6.45) is 1.93. The van der Waals surface area contributed by atoms with Crippen LogP contribution in [0.1, 0.15) is 56.4 Å². The molecule has 1 atom stereocenters. The molecule has 0 fully saturated rings. The van der Waals surface area contributed by atoms with Crippen molar-refractivity contribution in [3.8, 4) is 28.1 Å². The van der Waals surface area contributed by atoms with Crippen molar-refractivity contribution in [3.63, 3.8) is 0 Å². The Labute approximate surface area is 312 Å². The lowest BCUT2D eigenvalue weighted by molar-refractivity contribution is -0.133. The van der Waals surface area contributed by atoms with Gasteiger partial charge in [0.05, 0.1) is 50.2 Å². The van der Waals surface area contributed by atoms with Crippen LogP contribution in [-0.2, 0) is 38.8 Å². The highest BCUT2D eigenvalue weighted by Crippen LogP contribution is 2.45. The van der Waals surface area contributed by atoms with E-state index in [1.807, 2.05) is 32.9 Å². The zero-order chi connectivity index (χ0) is 38.5. The summed E-state index contributed by atoms with van der Waals surface area (Å²) in [7, 11) is 2.51. The second-order valence-electron chi connectivity index (χ2n) is 13.3. The van der Waals surface area contributed by atoms with Gasteiger partial charge in [-0.2, -0.15) is 0 Å². The molecule has 284 valence electrons. The third-order valence-corrected chi connectivity index (χ3v) is 9.83. The average molecular weight is 739 g/mol. The second kappa shape index (κ2) is 16.3. The number of aromatic nitrogens is 4. The minimum Gasteiger partial charge on any atom is -0.488 e. The molecule has 0 bridgehead atoms. The van der Waals surface area contributed by atoms with Crippen LogP contribution in [0.25, 0.3) is 44.2 Å². The number of hydrogen-bond acceptors (Lipinski definition) is 9. The van der Waals surface area contributed by atoms with Crippen LogP contribution in [0.4, 0.5) is 9.59 Å².